The van der Waals surface area contributed by atoms with Gasteiger partial charge in [-0.05, 0) is 61.3 Å². The average Bonchev–Trinajstić information content (AvgIpc) is 2.90. The SMILES string of the molecule is CC(C)CC1=C(COc2ccc(CCC(O)O)c(Cl)c2)CCC1. The normalized spacial score (nSPS) is 15.1. The summed E-state index contributed by atoms with van der Waals surface area (Å²) < 4.78 is 5.92. The summed E-state index contributed by atoms with van der Waals surface area (Å²) in [7, 11) is 0. The van der Waals surface area contributed by atoms with E-state index in [1.807, 2.05) is 18.2 Å². The summed E-state index contributed by atoms with van der Waals surface area (Å²) in [5, 5.41) is 18.5. The minimum Gasteiger partial charge on any atom is -0.489 e. The molecule has 0 amide bonds. The number of halogens is 1. The van der Waals surface area contributed by atoms with Gasteiger partial charge >= 0.3 is 0 Å². The summed E-state index contributed by atoms with van der Waals surface area (Å²) in [6, 6.07) is 5.62. The van der Waals surface area contributed by atoms with Gasteiger partial charge in [-0.15, -0.1) is 0 Å². The molecule has 0 heterocycles. The third-order valence-corrected chi connectivity index (χ3v) is 4.57. The Hall–Kier alpha value is -1.03. The van der Waals surface area contributed by atoms with Crippen LogP contribution in [0.15, 0.2) is 29.3 Å². The largest absolute Gasteiger partial charge is 0.489 e. The maximum absolute atomic E-state index is 8.93. The maximum atomic E-state index is 8.93. The van der Waals surface area contributed by atoms with E-state index >= 15 is 0 Å². The molecule has 0 bridgehead atoms. The van der Waals surface area contributed by atoms with Crippen LogP contribution >= 0.6 is 11.6 Å². The lowest BCUT2D eigenvalue weighted by Crippen LogP contribution is -2.06. The van der Waals surface area contributed by atoms with Crippen LogP contribution in [0.5, 0.6) is 5.75 Å². The second kappa shape index (κ2) is 8.72. The molecular weight excluding hydrogens is 312 g/mol. The van der Waals surface area contributed by atoms with Crippen molar-refractivity contribution >= 4 is 11.6 Å². The molecule has 0 aliphatic heterocycles. The van der Waals surface area contributed by atoms with Gasteiger partial charge in [0.1, 0.15) is 12.4 Å². The number of aryl methyl sites for hydroxylation is 1. The molecule has 3 nitrogen and oxygen atoms in total. The first-order valence-electron chi connectivity index (χ1n) is 8.43. The van der Waals surface area contributed by atoms with Gasteiger partial charge < -0.3 is 14.9 Å². The highest BCUT2D eigenvalue weighted by Gasteiger charge is 2.16. The molecule has 0 unspecified atom stereocenters. The minimum absolute atomic E-state index is 0.283. The molecule has 128 valence electrons. The molecule has 0 spiro atoms. The van der Waals surface area contributed by atoms with Crippen LogP contribution in [0.2, 0.25) is 5.02 Å². The van der Waals surface area contributed by atoms with Gasteiger partial charge in [0, 0.05) is 11.4 Å². The zero-order chi connectivity index (χ0) is 16.8. The second-order valence-corrected chi connectivity index (χ2v) is 7.13. The number of benzene rings is 1. The molecule has 0 saturated carbocycles. The van der Waals surface area contributed by atoms with Gasteiger partial charge in [0.05, 0.1) is 0 Å². The monoisotopic (exact) mass is 338 g/mol. The Labute approximate surface area is 143 Å². The maximum Gasteiger partial charge on any atom is 0.151 e. The zero-order valence-corrected chi connectivity index (χ0v) is 14.8. The van der Waals surface area contributed by atoms with E-state index in [2.05, 4.69) is 13.8 Å². The predicted molar refractivity (Wildman–Crippen MR) is 93.8 cm³/mol. The van der Waals surface area contributed by atoms with E-state index in [4.69, 9.17) is 26.6 Å². The van der Waals surface area contributed by atoms with Crippen molar-refractivity contribution in [3.05, 3.63) is 39.9 Å². The van der Waals surface area contributed by atoms with Crippen molar-refractivity contribution in [1.82, 2.24) is 0 Å². The number of aliphatic hydroxyl groups is 2. The van der Waals surface area contributed by atoms with Gasteiger partial charge in [-0.25, -0.2) is 0 Å². The molecule has 1 aliphatic rings. The van der Waals surface area contributed by atoms with Crippen molar-refractivity contribution in [3.63, 3.8) is 0 Å². The highest BCUT2D eigenvalue weighted by atomic mass is 35.5. The molecule has 0 aromatic heterocycles. The van der Waals surface area contributed by atoms with Gasteiger partial charge in [0.25, 0.3) is 0 Å². The second-order valence-electron chi connectivity index (χ2n) is 6.72. The molecule has 0 fully saturated rings. The summed E-state index contributed by atoms with van der Waals surface area (Å²) in [6.45, 7) is 5.16. The highest BCUT2D eigenvalue weighted by Crippen LogP contribution is 2.31. The first-order valence-corrected chi connectivity index (χ1v) is 8.80. The topological polar surface area (TPSA) is 49.7 Å². The number of aliphatic hydroxyl groups excluding tert-OH is 1. The van der Waals surface area contributed by atoms with Gasteiger partial charge in [0.15, 0.2) is 6.29 Å². The van der Waals surface area contributed by atoms with Crippen LogP contribution in [-0.2, 0) is 6.42 Å². The van der Waals surface area contributed by atoms with E-state index in [0.717, 1.165) is 17.7 Å². The van der Waals surface area contributed by atoms with Crippen LogP contribution in [0, 0.1) is 5.92 Å². The Morgan fingerprint density at radius 1 is 1.17 bits per heavy atom. The van der Waals surface area contributed by atoms with E-state index in [1.165, 1.54) is 24.8 Å². The van der Waals surface area contributed by atoms with Crippen LogP contribution in [0.25, 0.3) is 0 Å². The third kappa shape index (κ3) is 5.83. The van der Waals surface area contributed by atoms with E-state index in [1.54, 1.807) is 5.57 Å². The van der Waals surface area contributed by atoms with E-state index in [-0.39, 0.29) is 6.42 Å². The molecule has 0 saturated heterocycles. The minimum atomic E-state index is -1.30. The number of rotatable bonds is 8. The Bertz CT molecular complexity index is 550. The summed E-state index contributed by atoms with van der Waals surface area (Å²) in [6.07, 6.45) is 4.29. The number of allylic oxidation sites excluding steroid dienone is 1. The van der Waals surface area contributed by atoms with Crippen molar-refractivity contribution in [1.29, 1.82) is 0 Å². The summed E-state index contributed by atoms with van der Waals surface area (Å²) in [4.78, 5) is 0. The number of hydrogen-bond donors (Lipinski definition) is 2. The molecule has 1 aliphatic carbocycles. The summed E-state index contributed by atoms with van der Waals surface area (Å²) >= 11 is 6.25. The third-order valence-electron chi connectivity index (χ3n) is 4.22. The summed E-state index contributed by atoms with van der Waals surface area (Å²) in [5.41, 5.74) is 3.93. The van der Waals surface area contributed by atoms with Crippen molar-refractivity contribution in [2.24, 2.45) is 5.92 Å². The lowest BCUT2D eigenvalue weighted by Gasteiger charge is -2.13. The van der Waals surface area contributed by atoms with E-state index in [0.29, 0.717) is 24.0 Å². The quantitative estimate of drug-likeness (QED) is 0.542. The molecule has 0 radical (unpaired) electrons. The fourth-order valence-corrected chi connectivity index (χ4v) is 3.32. The lowest BCUT2D eigenvalue weighted by molar-refractivity contribution is -0.0446. The van der Waals surface area contributed by atoms with Crippen LogP contribution in [0.1, 0.15) is 51.5 Å². The first-order chi connectivity index (χ1) is 11.0. The predicted octanol–water partition coefficient (Wildman–Crippen LogP) is 4.49. The average molecular weight is 339 g/mol. The fourth-order valence-electron chi connectivity index (χ4n) is 3.06. The van der Waals surface area contributed by atoms with E-state index in [9.17, 15) is 0 Å². The lowest BCUT2D eigenvalue weighted by atomic mass is 10.0. The first kappa shape index (κ1) is 18.3. The van der Waals surface area contributed by atoms with E-state index < -0.39 is 6.29 Å². The molecule has 2 rings (SSSR count). The van der Waals surface area contributed by atoms with Crippen molar-refractivity contribution in [2.75, 3.05) is 6.61 Å². The zero-order valence-electron chi connectivity index (χ0n) is 14.0. The van der Waals surface area contributed by atoms with Crippen molar-refractivity contribution in [2.45, 2.75) is 58.7 Å². The van der Waals surface area contributed by atoms with Crippen molar-refractivity contribution in [3.8, 4) is 5.75 Å². The molecule has 2 N–H and O–H groups in total. The Morgan fingerprint density at radius 2 is 1.91 bits per heavy atom. The Balaban J connectivity index is 1.94. The van der Waals surface area contributed by atoms with Crippen molar-refractivity contribution < 1.29 is 14.9 Å². The van der Waals surface area contributed by atoms with Gasteiger partial charge in [-0.1, -0.05) is 37.1 Å². The Morgan fingerprint density at radius 3 is 2.57 bits per heavy atom. The smallest absolute Gasteiger partial charge is 0.151 e. The molecule has 23 heavy (non-hydrogen) atoms. The van der Waals surface area contributed by atoms with Gasteiger partial charge in [-0.2, -0.15) is 0 Å². The Kier molecular flexibility index (Phi) is 6.94. The molecule has 0 atom stereocenters. The number of ether oxygens (including phenoxy) is 1. The fraction of sp³-hybridized carbons (Fsp3) is 0.579. The highest BCUT2D eigenvalue weighted by molar-refractivity contribution is 6.31. The van der Waals surface area contributed by atoms with Crippen LogP contribution < -0.4 is 4.74 Å². The van der Waals surface area contributed by atoms with Crippen LogP contribution in [0.3, 0.4) is 0 Å². The van der Waals surface area contributed by atoms with Crippen LogP contribution in [-0.4, -0.2) is 23.1 Å². The molecule has 4 heteroatoms. The van der Waals surface area contributed by atoms with Gasteiger partial charge in [0.2, 0.25) is 0 Å². The van der Waals surface area contributed by atoms with Gasteiger partial charge in [-0.3, -0.25) is 0 Å². The standard InChI is InChI=1S/C19H27ClO3/c1-13(2)10-15-4-3-5-16(15)12-23-17-8-6-14(18(20)11-17)7-9-19(21)22/h6,8,11,13,19,21-22H,3-5,7,9-10,12H2,1-2H3. The molecule has 1 aromatic rings. The molecule has 1 aromatic carbocycles. The summed E-state index contributed by atoms with van der Waals surface area (Å²) in [5.74, 6) is 1.46. The van der Waals surface area contributed by atoms with Crippen LogP contribution in [0.4, 0.5) is 0 Å². The molecular formula is C19H27ClO3. The number of hydrogen-bond acceptors (Lipinski definition) is 3.